The molecule has 112 valence electrons. The third kappa shape index (κ3) is 6.12. The summed E-state index contributed by atoms with van der Waals surface area (Å²) in [5, 5.41) is 2.52. The van der Waals surface area contributed by atoms with E-state index in [0.717, 1.165) is 0 Å². The Labute approximate surface area is 118 Å². The summed E-state index contributed by atoms with van der Waals surface area (Å²) in [6, 6.07) is 6.44. The van der Waals surface area contributed by atoms with Crippen LogP contribution in [-0.4, -0.2) is 33.7 Å². The first-order valence-electron chi connectivity index (χ1n) is 6.36. The Bertz CT molecular complexity index is 546. The molecule has 0 aliphatic carbocycles. The number of benzene rings is 1. The third-order valence-corrected chi connectivity index (χ3v) is 4.18. The van der Waals surface area contributed by atoms with E-state index in [1.165, 1.54) is 13.1 Å². The first kappa shape index (κ1) is 16.6. The summed E-state index contributed by atoms with van der Waals surface area (Å²) in [6.45, 7) is 0.0711. The lowest BCUT2D eigenvalue weighted by molar-refractivity contribution is -0.121. The predicted octanol–water partition coefficient (Wildman–Crippen LogP) is 0.814. The van der Waals surface area contributed by atoms with Crippen LogP contribution in [0.25, 0.3) is 0 Å². The Morgan fingerprint density at radius 3 is 2.65 bits per heavy atom. The molecule has 0 bridgehead atoms. The van der Waals surface area contributed by atoms with Crippen molar-refractivity contribution in [3.05, 3.63) is 35.6 Å². The SMILES string of the molecule is CNS(=O)(=O)CCNC(=O)CCCc1ccccc1F. The van der Waals surface area contributed by atoms with Crippen LogP contribution in [0.3, 0.4) is 0 Å². The molecule has 0 atom stereocenters. The van der Waals surface area contributed by atoms with E-state index in [1.54, 1.807) is 18.2 Å². The maximum atomic E-state index is 13.3. The predicted molar refractivity (Wildman–Crippen MR) is 75.2 cm³/mol. The Kier molecular flexibility index (Phi) is 6.60. The molecule has 0 aliphatic heterocycles. The lowest BCUT2D eigenvalue weighted by atomic mass is 10.1. The van der Waals surface area contributed by atoms with Gasteiger partial charge in [0.1, 0.15) is 5.82 Å². The van der Waals surface area contributed by atoms with Gasteiger partial charge in [-0.05, 0) is 31.5 Å². The summed E-state index contributed by atoms with van der Waals surface area (Å²) < 4.78 is 37.7. The highest BCUT2D eigenvalue weighted by atomic mass is 32.2. The van der Waals surface area contributed by atoms with E-state index >= 15 is 0 Å². The van der Waals surface area contributed by atoms with Gasteiger partial charge in [0.25, 0.3) is 0 Å². The average molecular weight is 302 g/mol. The maximum Gasteiger partial charge on any atom is 0.220 e. The van der Waals surface area contributed by atoms with E-state index in [1.807, 2.05) is 0 Å². The van der Waals surface area contributed by atoms with Gasteiger partial charge in [0.2, 0.25) is 15.9 Å². The largest absolute Gasteiger partial charge is 0.355 e. The average Bonchev–Trinajstić information content (AvgIpc) is 2.41. The first-order chi connectivity index (χ1) is 9.44. The van der Waals surface area contributed by atoms with Crippen LogP contribution in [0.4, 0.5) is 4.39 Å². The van der Waals surface area contributed by atoms with Gasteiger partial charge in [-0.2, -0.15) is 0 Å². The quantitative estimate of drug-likeness (QED) is 0.746. The highest BCUT2D eigenvalue weighted by Gasteiger charge is 2.08. The molecule has 0 spiro atoms. The van der Waals surface area contributed by atoms with Gasteiger partial charge < -0.3 is 5.32 Å². The summed E-state index contributed by atoms with van der Waals surface area (Å²) in [5.41, 5.74) is 0.582. The molecule has 0 saturated heterocycles. The van der Waals surface area contributed by atoms with Gasteiger partial charge in [-0.15, -0.1) is 0 Å². The fourth-order valence-electron chi connectivity index (χ4n) is 1.66. The first-order valence-corrected chi connectivity index (χ1v) is 8.01. The number of halogens is 1. The fraction of sp³-hybridized carbons (Fsp3) is 0.462. The smallest absolute Gasteiger partial charge is 0.220 e. The Morgan fingerprint density at radius 1 is 1.30 bits per heavy atom. The van der Waals surface area contributed by atoms with Crippen molar-refractivity contribution in [3.8, 4) is 0 Å². The van der Waals surface area contributed by atoms with Crippen LogP contribution in [0.1, 0.15) is 18.4 Å². The molecule has 0 saturated carbocycles. The zero-order valence-corrected chi connectivity index (χ0v) is 12.2. The molecule has 1 aromatic rings. The Hall–Kier alpha value is -1.47. The molecule has 2 N–H and O–H groups in total. The monoisotopic (exact) mass is 302 g/mol. The van der Waals surface area contributed by atoms with Crippen LogP contribution >= 0.6 is 0 Å². The number of sulfonamides is 1. The summed E-state index contributed by atoms with van der Waals surface area (Å²) in [5.74, 6) is -0.650. The molecule has 0 heterocycles. The van der Waals surface area contributed by atoms with Crippen molar-refractivity contribution in [2.24, 2.45) is 0 Å². The van der Waals surface area contributed by atoms with Gasteiger partial charge >= 0.3 is 0 Å². The number of hydrogen-bond donors (Lipinski definition) is 2. The lowest BCUT2D eigenvalue weighted by Gasteiger charge is -2.06. The molecule has 1 aromatic carbocycles. The Morgan fingerprint density at radius 2 is 2.00 bits per heavy atom. The van der Waals surface area contributed by atoms with Gasteiger partial charge in [0.15, 0.2) is 0 Å². The van der Waals surface area contributed by atoms with Crippen molar-refractivity contribution in [3.63, 3.8) is 0 Å². The zero-order valence-electron chi connectivity index (χ0n) is 11.4. The second kappa shape index (κ2) is 7.96. The second-order valence-electron chi connectivity index (χ2n) is 4.32. The topological polar surface area (TPSA) is 75.3 Å². The molecular weight excluding hydrogens is 283 g/mol. The maximum absolute atomic E-state index is 13.3. The van der Waals surface area contributed by atoms with Gasteiger partial charge in [-0.3, -0.25) is 4.79 Å². The normalized spacial score (nSPS) is 11.3. The van der Waals surface area contributed by atoms with E-state index < -0.39 is 10.0 Å². The highest BCUT2D eigenvalue weighted by Crippen LogP contribution is 2.09. The molecular formula is C13H19FN2O3S. The van der Waals surface area contributed by atoms with E-state index in [4.69, 9.17) is 0 Å². The second-order valence-corrected chi connectivity index (χ2v) is 6.36. The summed E-state index contributed by atoms with van der Waals surface area (Å²) >= 11 is 0. The van der Waals surface area contributed by atoms with Gasteiger partial charge in [0, 0.05) is 13.0 Å². The summed E-state index contributed by atoms with van der Waals surface area (Å²) in [6.07, 6.45) is 1.24. The third-order valence-electron chi connectivity index (χ3n) is 2.81. The Balaban J connectivity index is 2.23. The van der Waals surface area contributed by atoms with Gasteiger partial charge in [-0.1, -0.05) is 18.2 Å². The minimum atomic E-state index is -3.30. The number of rotatable bonds is 8. The molecule has 20 heavy (non-hydrogen) atoms. The van der Waals surface area contributed by atoms with Gasteiger partial charge in [-0.25, -0.2) is 17.5 Å². The van der Waals surface area contributed by atoms with Crippen molar-refractivity contribution >= 4 is 15.9 Å². The standard InChI is InChI=1S/C13H19FN2O3S/c1-15-20(18,19)10-9-16-13(17)8-4-6-11-5-2-3-7-12(11)14/h2-3,5,7,15H,4,6,8-10H2,1H3,(H,16,17). The highest BCUT2D eigenvalue weighted by molar-refractivity contribution is 7.89. The van der Waals surface area contributed by atoms with Crippen molar-refractivity contribution in [1.82, 2.24) is 10.0 Å². The van der Waals surface area contributed by atoms with Crippen LogP contribution in [0, 0.1) is 5.82 Å². The molecule has 1 amide bonds. The molecule has 0 unspecified atom stereocenters. The summed E-state index contributed by atoms with van der Waals surface area (Å²) in [4.78, 5) is 11.5. The number of aryl methyl sites for hydroxylation is 1. The number of carbonyl (C=O) groups is 1. The van der Waals surface area contributed by atoms with Crippen LogP contribution < -0.4 is 10.0 Å². The van der Waals surface area contributed by atoms with E-state index in [0.29, 0.717) is 18.4 Å². The fourth-order valence-corrected chi connectivity index (χ4v) is 2.23. The number of carbonyl (C=O) groups excluding carboxylic acids is 1. The van der Waals surface area contributed by atoms with Crippen LogP contribution in [-0.2, 0) is 21.2 Å². The molecule has 1 rings (SSSR count). The molecule has 0 aromatic heterocycles. The number of amides is 1. The molecule has 0 fully saturated rings. The molecule has 0 radical (unpaired) electrons. The lowest BCUT2D eigenvalue weighted by Crippen LogP contribution is -2.32. The minimum absolute atomic E-state index is 0.0711. The van der Waals surface area contributed by atoms with E-state index in [2.05, 4.69) is 10.0 Å². The van der Waals surface area contributed by atoms with Crippen LogP contribution in [0.15, 0.2) is 24.3 Å². The molecule has 5 nitrogen and oxygen atoms in total. The molecule has 0 aliphatic rings. The van der Waals surface area contributed by atoms with Crippen molar-refractivity contribution in [1.29, 1.82) is 0 Å². The zero-order chi connectivity index (χ0) is 15.0. The van der Waals surface area contributed by atoms with Crippen molar-refractivity contribution < 1.29 is 17.6 Å². The summed E-state index contributed by atoms with van der Waals surface area (Å²) in [7, 11) is -1.97. The minimum Gasteiger partial charge on any atom is -0.355 e. The van der Waals surface area contributed by atoms with Gasteiger partial charge in [0.05, 0.1) is 5.75 Å². The number of nitrogens with one attached hydrogen (secondary N) is 2. The van der Waals surface area contributed by atoms with Crippen molar-refractivity contribution in [2.75, 3.05) is 19.3 Å². The van der Waals surface area contributed by atoms with Crippen molar-refractivity contribution in [2.45, 2.75) is 19.3 Å². The molecule has 7 heteroatoms. The van der Waals surface area contributed by atoms with E-state index in [9.17, 15) is 17.6 Å². The van der Waals surface area contributed by atoms with Crippen LogP contribution in [0.5, 0.6) is 0 Å². The van der Waals surface area contributed by atoms with Crippen LogP contribution in [0.2, 0.25) is 0 Å². The number of hydrogen-bond acceptors (Lipinski definition) is 3. The van der Waals surface area contributed by atoms with E-state index in [-0.39, 0.29) is 30.4 Å².